The number of fused-ring (bicyclic) bond motifs is 7. The second kappa shape index (κ2) is 13.3. The van der Waals surface area contributed by atoms with Crippen LogP contribution in [-0.4, -0.2) is 19.5 Å². The number of hydrogen-bond acceptors (Lipinski definition) is 3. The molecule has 0 aliphatic carbocycles. The van der Waals surface area contributed by atoms with Crippen LogP contribution in [0.3, 0.4) is 0 Å². The van der Waals surface area contributed by atoms with Crippen LogP contribution >= 0.6 is 0 Å². The molecule has 0 saturated carbocycles. The molecule has 0 spiro atoms. The Kier molecular flexibility index (Phi) is 7.50. The summed E-state index contributed by atoms with van der Waals surface area (Å²) < 4.78 is 2.26. The molecule has 12 rings (SSSR count). The fraction of sp³-hybridized carbons (Fsp3) is 0. The van der Waals surface area contributed by atoms with Crippen LogP contribution < -0.4 is 0 Å². The van der Waals surface area contributed by atoms with Gasteiger partial charge in [-0.05, 0) is 98.9 Å². The van der Waals surface area contributed by atoms with Gasteiger partial charge in [0.25, 0.3) is 0 Å². The summed E-state index contributed by atoms with van der Waals surface area (Å²) in [4.78, 5) is 15.6. The quantitative estimate of drug-likeness (QED) is 0.130. The minimum atomic E-state index is 0.914. The Morgan fingerprint density at radius 1 is 0.322 bits per heavy atom. The second-order valence-corrected chi connectivity index (χ2v) is 15.2. The predicted octanol–water partition coefficient (Wildman–Crippen LogP) is 14.2. The first-order valence-corrected chi connectivity index (χ1v) is 20.0. The Hall–Kier alpha value is -7.95. The highest BCUT2D eigenvalue weighted by Gasteiger charge is 2.16. The lowest BCUT2D eigenvalue weighted by Crippen LogP contribution is -1.97. The smallest absolute Gasteiger partial charge is 0.145 e. The predicted molar refractivity (Wildman–Crippen MR) is 246 cm³/mol. The number of para-hydroxylation sites is 3. The van der Waals surface area contributed by atoms with Crippen molar-refractivity contribution in [1.82, 2.24) is 19.5 Å². The van der Waals surface area contributed by atoms with E-state index in [0.29, 0.717) is 0 Å². The van der Waals surface area contributed by atoms with E-state index in [2.05, 4.69) is 199 Å². The fourth-order valence-electron chi connectivity index (χ4n) is 8.82. The lowest BCUT2D eigenvalue weighted by molar-refractivity contribution is 1.10. The monoisotopic (exact) mass is 750 g/mol. The normalized spacial score (nSPS) is 11.7. The van der Waals surface area contributed by atoms with E-state index in [4.69, 9.17) is 15.0 Å². The Morgan fingerprint density at radius 2 is 0.932 bits per heavy atom. The van der Waals surface area contributed by atoms with E-state index in [1.165, 1.54) is 43.8 Å². The third kappa shape index (κ3) is 5.57. The van der Waals surface area contributed by atoms with Gasteiger partial charge in [0, 0.05) is 38.5 Å². The molecule has 12 aromatic rings. The van der Waals surface area contributed by atoms with E-state index in [0.717, 1.165) is 72.1 Å². The Labute approximate surface area is 340 Å². The van der Waals surface area contributed by atoms with Gasteiger partial charge < -0.3 is 0 Å². The van der Waals surface area contributed by atoms with Gasteiger partial charge in [0.2, 0.25) is 0 Å². The molecule has 9 aromatic carbocycles. The fourth-order valence-corrected chi connectivity index (χ4v) is 8.82. The first-order chi connectivity index (χ1) is 29.2. The Morgan fingerprint density at radius 3 is 1.71 bits per heavy atom. The summed E-state index contributed by atoms with van der Waals surface area (Å²) in [5, 5.41) is 8.12. The Balaban J connectivity index is 0.903. The zero-order chi connectivity index (χ0) is 38.9. The van der Waals surface area contributed by atoms with Crippen LogP contribution in [-0.2, 0) is 0 Å². The van der Waals surface area contributed by atoms with Crippen molar-refractivity contribution >= 4 is 65.3 Å². The minimum Gasteiger partial charge on any atom is -0.292 e. The first kappa shape index (κ1) is 33.2. The molecular formula is C55H34N4. The van der Waals surface area contributed by atoms with E-state index in [1.54, 1.807) is 0 Å². The number of aromatic nitrogens is 4. The summed E-state index contributed by atoms with van der Waals surface area (Å²) in [7, 11) is 0. The first-order valence-electron chi connectivity index (χ1n) is 20.0. The summed E-state index contributed by atoms with van der Waals surface area (Å²) in [5.74, 6) is 0.938. The standard InChI is InChI=1S/C55H34N4/c1-3-11-36(12-4-1)52-46-15-7-8-16-49(46)57-54-47(52)29-25-37-26-30-48(56-53(37)54)42-22-21-41-32-43-31-39(19-20-40(43)33-44(41)34-42)35-23-27-45(28-24-35)59-51-18-10-9-17-50(51)58-55(59)38-13-5-2-6-14-38/h1-34H. The van der Waals surface area contributed by atoms with Crippen molar-refractivity contribution in [2.45, 2.75) is 0 Å². The van der Waals surface area contributed by atoms with Crippen molar-refractivity contribution < 1.29 is 0 Å². The summed E-state index contributed by atoms with van der Waals surface area (Å²) in [6.45, 7) is 0. The third-order valence-electron chi connectivity index (χ3n) is 11.7. The zero-order valence-corrected chi connectivity index (χ0v) is 31.9. The van der Waals surface area contributed by atoms with E-state index in [9.17, 15) is 0 Å². The van der Waals surface area contributed by atoms with Gasteiger partial charge in [-0.3, -0.25) is 4.57 Å². The molecule has 4 heteroatoms. The van der Waals surface area contributed by atoms with E-state index in [-0.39, 0.29) is 0 Å². The highest BCUT2D eigenvalue weighted by atomic mass is 15.1. The molecule has 0 bridgehead atoms. The van der Waals surface area contributed by atoms with Crippen LogP contribution in [0, 0.1) is 0 Å². The molecule has 274 valence electrons. The van der Waals surface area contributed by atoms with E-state index < -0.39 is 0 Å². The lowest BCUT2D eigenvalue weighted by atomic mass is 9.95. The summed E-state index contributed by atoms with van der Waals surface area (Å²) in [5.41, 5.74) is 13.8. The van der Waals surface area contributed by atoms with Crippen molar-refractivity contribution in [2.24, 2.45) is 0 Å². The number of pyridine rings is 2. The molecule has 0 unspecified atom stereocenters. The maximum atomic E-state index is 5.32. The van der Waals surface area contributed by atoms with Gasteiger partial charge in [-0.15, -0.1) is 0 Å². The molecular weight excluding hydrogens is 717 g/mol. The number of rotatable bonds is 5. The average molecular weight is 751 g/mol. The highest BCUT2D eigenvalue weighted by Crippen LogP contribution is 2.38. The molecule has 0 aliphatic rings. The van der Waals surface area contributed by atoms with E-state index in [1.807, 2.05) is 12.1 Å². The molecule has 0 radical (unpaired) electrons. The molecule has 59 heavy (non-hydrogen) atoms. The van der Waals surface area contributed by atoms with Crippen molar-refractivity contribution in [1.29, 1.82) is 0 Å². The van der Waals surface area contributed by atoms with Gasteiger partial charge in [0.15, 0.2) is 0 Å². The van der Waals surface area contributed by atoms with Gasteiger partial charge in [-0.1, -0.05) is 146 Å². The molecule has 0 saturated heterocycles. The maximum absolute atomic E-state index is 5.32. The highest BCUT2D eigenvalue weighted by molar-refractivity contribution is 6.16. The van der Waals surface area contributed by atoms with Crippen molar-refractivity contribution in [2.75, 3.05) is 0 Å². The molecule has 0 fully saturated rings. The van der Waals surface area contributed by atoms with Gasteiger partial charge >= 0.3 is 0 Å². The molecule has 0 atom stereocenters. The van der Waals surface area contributed by atoms with Crippen molar-refractivity contribution in [3.8, 4) is 50.6 Å². The van der Waals surface area contributed by atoms with Gasteiger partial charge in [0.1, 0.15) is 5.82 Å². The maximum Gasteiger partial charge on any atom is 0.145 e. The van der Waals surface area contributed by atoms with Crippen molar-refractivity contribution in [3.05, 3.63) is 206 Å². The van der Waals surface area contributed by atoms with Crippen LogP contribution in [0.4, 0.5) is 0 Å². The van der Waals surface area contributed by atoms with E-state index >= 15 is 0 Å². The topological polar surface area (TPSA) is 43.6 Å². The average Bonchev–Trinajstić information content (AvgIpc) is 3.70. The number of nitrogens with zero attached hydrogens (tertiary/aromatic N) is 4. The Bertz CT molecular complexity index is 3590. The zero-order valence-electron chi connectivity index (χ0n) is 31.9. The molecule has 0 aliphatic heterocycles. The van der Waals surface area contributed by atoms with Crippen LogP contribution in [0.1, 0.15) is 0 Å². The summed E-state index contributed by atoms with van der Waals surface area (Å²) in [6, 6.07) is 73.3. The largest absolute Gasteiger partial charge is 0.292 e. The second-order valence-electron chi connectivity index (χ2n) is 15.2. The molecule has 0 N–H and O–H groups in total. The summed E-state index contributed by atoms with van der Waals surface area (Å²) >= 11 is 0. The molecule has 3 aromatic heterocycles. The van der Waals surface area contributed by atoms with Gasteiger partial charge in [-0.25, -0.2) is 15.0 Å². The number of imidazole rings is 1. The summed E-state index contributed by atoms with van der Waals surface area (Å²) in [6.07, 6.45) is 0. The SMILES string of the molecule is c1ccc(-c2c3ccccc3nc3c2ccc2ccc(-c4ccc5cc6cc(-c7ccc(-n8c(-c9ccccc9)nc9ccccc98)cc7)ccc6cc5c4)nc23)cc1. The van der Waals surface area contributed by atoms with Crippen LogP contribution in [0.15, 0.2) is 206 Å². The minimum absolute atomic E-state index is 0.914. The molecule has 4 nitrogen and oxygen atoms in total. The molecule has 3 heterocycles. The van der Waals surface area contributed by atoms with Crippen LogP contribution in [0.25, 0.3) is 116 Å². The van der Waals surface area contributed by atoms with Crippen LogP contribution in [0.5, 0.6) is 0 Å². The number of hydrogen-bond donors (Lipinski definition) is 0. The lowest BCUT2D eigenvalue weighted by Gasteiger charge is -2.13. The van der Waals surface area contributed by atoms with Crippen molar-refractivity contribution in [3.63, 3.8) is 0 Å². The van der Waals surface area contributed by atoms with Crippen LogP contribution in [0.2, 0.25) is 0 Å². The van der Waals surface area contributed by atoms with Gasteiger partial charge in [-0.2, -0.15) is 0 Å². The van der Waals surface area contributed by atoms with Gasteiger partial charge in [0.05, 0.1) is 33.3 Å². The molecule has 0 amide bonds. The third-order valence-corrected chi connectivity index (χ3v) is 11.7. The number of benzene rings is 9.